The first-order chi connectivity index (χ1) is 23.5. The van der Waals surface area contributed by atoms with Crippen LogP contribution in [0, 0.1) is 20.8 Å². The van der Waals surface area contributed by atoms with Crippen molar-refractivity contribution in [2.45, 2.75) is 20.8 Å². The highest BCUT2D eigenvalue weighted by Gasteiger charge is 2.20. The van der Waals surface area contributed by atoms with Gasteiger partial charge >= 0.3 is 0 Å². The molecule has 248 valence electrons. The summed E-state index contributed by atoms with van der Waals surface area (Å²) in [6.45, 7) is 6.12. The van der Waals surface area contributed by atoms with E-state index in [4.69, 9.17) is 23.1 Å². The van der Waals surface area contributed by atoms with E-state index in [9.17, 15) is 20.6 Å². The number of aryl methyl sites for hydroxylation is 3. The zero-order valence-corrected chi connectivity index (χ0v) is 28.6. The van der Waals surface area contributed by atoms with Gasteiger partial charge in [-0.15, -0.1) is 11.3 Å². The molecule has 0 spiro atoms. The van der Waals surface area contributed by atoms with Gasteiger partial charge in [-0.2, -0.15) is 0 Å². The lowest BCUT2D eigenvalue weighted by atomic mass is 9.88. The Morgan fingerprint density at radius 1 is 0.592 bits per heavy atom. The summed E-state index contributed by atoms with van der Waals surface area (Å²) >= 11 is 7.97. The summed E-state index contributed by atoms with van der Waals surface area (Å²) in [7, 11) is 0. The van der Waals surface area contributed by atoms with Crippen LogP contribution in [0.2, 0.25) is 5.02 Å². The largest absolute Gasteiger partial charge is 0.508 e. The average molecular weight is 691 g/mol. The fourth-order valence-electron chi connectivity index (χ4n) is 5.79. The van der Waals surface area contributed by atoms with Crippen LogP contribution >= 0.6 is 22.9 Å². The van der Waals surface area contributed by atoms with Crippen LogP contribution in [0.1, 0.15) is 27.1 Å². The fraction of sp³-hybridized carbons (Fsp3) is 0.0769. The number of amidine groups is 2. The van der Waals surface area contributed by atoms with E-state index in [0.29, 0.717) is 16.1 Å². The van der Waals surface area contributed by atoms with Crippen molar-refractivity contribution >= 4 is 34.6 Å². The third-order valence-corrected chi connectivity index (χ3v) is 9.36. The van der Waals surface area contributed by atoms with Crippen molar-refractivity contribution in [3.63, 3.8) is 0 Å². The molecule has 0 saturated carbocycles. The molecule has 0 unspecified atom stereocenters. The smallest absolute Gasteiger partial charge is 0.170 e. The van der Waals surface area contributed by atoms with Crippen LogP contribution in [-0.2, 0) is 0 Å². The Morgan fingerprint density at radius 2 is 1.14 bits per heavy atom. The topological polar surface area (TPSA) is 158 Å². The highest BCUT2D eigenvalue weighted by atomic mass is 35.5. The standard InChI is InChI=1S/C20H17ClN2O2.C19H18N2O2S/c1-12-4-2-3-5-16(12)19-17(13-6-8-15(24)9-7-13)10-14(21)11-18(19)20(22)23-25;1-11-10-24-12(2)17(11)18-15(13-6-8-14(22)9-7-13)4-3-5-16(18)19(20)21-23/h2-11,24-25H,1H3,(H2,22,23);3-10,22-23H,1-2H3,(H2,20,21). The number of hydrogen-bond acceptors (Lipinski definition) is 7. The Bertz CT molecular complexity index is 2160. The Hall–Kier alpha value is -5.77. The molecule has 6 rings (SSSR count). The van der Waals surface area contributed by atoms with Crippen LogP contribution in [0.5, 0.6) is 11.5 Å². The lowest BCUT2D eigenvalue weighted by Gasteiger charge is -2.17. The van der Waals surface area contributed by atoms with Gasteiger partial charge in [0.05, 0.1) is 0 Å². The van der Waals surface area contributed by atoms with Gasteiger partial charge in [-0.25, -0.2) is 0 Å². The maximum absolute atomic E-state index is 9.57. The average Bonchev–Trinajstić information content (AvgIpc) is 3.44. The van der Waals surface area contributed by atoms with E-state index in [1.165, 1.54) is 4.88 Å². The van der Waals surface area contributed by atoms with Crippen molar-refractivity contribution in [1.29, 1.82) is 0 Å². The SMILES string of the molecule is Cc1ccccc1-c1c(C(N)=NO)cc(Cl)cc1-c1ccc(O)cc1.Cc1csc(C)c1-c1c(C(N)=NO)cccc1-c1ccc(O)cc1. The molecule has 0 atom stereocenters. The van der Waals surface area contributed by atoms with E-state index in [1.807, 2.05) is 67.6 Å². The van der Waals surface area contributed by atoms with Gasteiger partial charge in [0.2, 0.25) is 0 Å². The number of benzene rings is 5. The molecule has 0 fully saturated rings. The Morgan fingerprint density at radius 3 is 1.69 bits per heavy atom. The maximum Gasteiger partial charge on any atom is 0.170 e. The molecule has 0 amide bonds. The van der Waals surface area contributed by atoms with E-state index in [2.05, 4.69) is 29.5 Å². The van der Waals surface area contributed by atoms with Crippen LogP contribution in [-0.4, -0.2) is 32.3 Å². The molecule has 0 bridgehead atoms. The van der Waals surface area contributed by atoms with Gasteiger partial charge in [-0.05, 0) is 107 Å². The molecule has 0 radical (unpaired) electrons. The van der Waals surface area contributed by atoms with Crippen molar-refractivity contribution in [2.75, 3.05) is 0 Å². The molecule has 0 aliphatic heterocycles. The van der Waals surface area contributed by atoms with E-state index < -0.39 is 0 Å². The predicted molar refractivity (Wildman–Crippen MR) is 200 cm³/mol. The molecule has 6 aromatic rings. The number of oxime groups is 2. The Labute approximate surface area is 293 Å². The van der Waals surface area contributed by atoms with E-state index in [1.54, 1.807) is 53.8 Å². The van der Waals surface area contributed by atoms with Gasteiger partial charge in [0.1, 0.15) is 11.5 Å². The lowest BCUT2D eigenvalue weighted by molar-refractivity contribution is 0.318. The first-order valence-corrected chi connectivity index (χ1v) is 16.4. The van der Waals surface area contributed by atoms with E-state index >= 15 is 0 Å². The van der Waals surface area contributed by atoms with Crippen LogP contribution in [0.4, 0.5) is 0 Å². The number of phenols is 2. The number of rotatable bonds is 6. The fourth-order valence-corrected chi connectivity index (χ4v) is 6.86. The predicted octanol–water partition coefficient (Wildman–Crippen LogP) is 9.28. The van der Waals surface area contributed by atoms with Gasteiger partial charge in [0.15, 0.2) is 11.7 Å². The number of hydrogen-bond donors (Lipinski definition) is 6. The molecule has 49 heavy (non-hydrogen) atoms. The summed E-state index contributed by atoms with van der Waals surface area (Å²) in [4.78, 5) is 1.17. The highest BCUT2D eigenvalue weighted by Crippen LogP contribution is 2.42. The molecule has 10 heteroatoms. The van der Waals surface area contributed by atoms with Crippen molar-refractivity contribution in [3.8, 4) is 56.0 Å². The zero-order chi connectivity index (χ0) is 35.2. The Balaban J connectivity index is 0.000000191. The molecule has 8 N–H and O–H groups in total. The minimum Gasteiger partial charge on any atom is -0.508 e. The maximum atomic E-state index is 9.57. The summed E-state index contributed by atoms with van der Waals surface area (Å²) in [5, 5.41) is 46.4. The van der Waals surface area contributed by atoms with Crippen molar-refractivity contribution in [3.05, 3.63) is 141 Å². The summed E-state index contributed by atoms with van der Waals surface area (Å²) in [5.41, 5.74) is 22.8. The van der Waals surface area contributed by atoms with Crippen molar-refractivity contribution in [2.24, 2.45) is 21.8 Å². The van der Waals surface area contributed by atoms with Crippen LogP contribution in [0.15, 0.2) is 119 Å². The van der Waals surface area contributed by atoms with Crippen LogP contribution in [0.3, 0.4) is 0 Å². The first kappa shape index (κ1) is 34.6. The highest BCUT2D eigenvalue weighted by molar-refractivity contribution is 7.10. The molecule has 5 aromatic carbocycles. The van der Waals surface area contributed by atoms with E-state index in [-0.39, 0.29) is 23.2 Å². The minimum absolute atomic E-state index is 0.0132. The Kier molecular flexibility index (Phi) is 10.6. The van der Waals surface area contributed by atoms with Gasteiger partial charge in [-0.1, -0.05) is 88.6 Å². The molecular formula is C39H35ClN4O4S. The van der Waals surface area contributed by atoms with Crippen LogP contribution < -0.4 is 11.5 Å². The molecule has 8 nitrogen and oxygen atoms in total. The molecule has 0 aliphatic rings. The normalized spacial score (nSPS) is 11.6. The number of phenolic OH excluding ortho intramolecular Hbond substituents is 2. The third-order valence-electron chi connectivity index (χ3n) is 8.11. The van der Waals surface area contributed by atoms with Gasteiger partial charge in [0.25, 0.3) is 0 Å². The van der Waals surface area contributed by atoms with Crippen LogP contribution in [0.25, 0.3) is 44.5 Å². The van der Waals surface area contributed by atoms with Crippen molar-refractivity contribution in [1.82, 2.24) is 0 Å². The minimum atomic E-state index is -0.0132. The van der Waals surface area contributed by atoms with Gasteiger partial charge in [-0.3, -0.25) is 0 Å². The second-order valence-electron chi connectivity index (χ2n) is 11.3. The first-order valence-electron chi connectivity index (χ1n) is 15.2. The molecule has 0 saturated heterocycles. The van der Waals surface area contributed by atoms with Gasteiger partial charge in [0, 0.05) is 32.2 Å². The third kappa shape index (κ3) is 7.38. The number of halogens is 1. The number of aromatic hydroxyl groups is 2. The summed E-state index contributed by atoms with van der Waals surface area (Å²) in [6.07, 6.45) is 0. The molecular weight excluding hydrogens is 656 g/mol. The molecule has 1 aromatic heterocycles. The molecule has 1 heterocycles. The lowest BCUT2D eigenvalue weighted by Crippen LogP contribution is -2.15. The second kappa shape index (κ2) is 15.0. The zero-order valence-electron chi connectivity index (χ0n) is 27.0. The number of nitrogens with zero attached hydrogens (tertiary/aromatic N) is 2. The number of nitrogens with two attached hydrogens (primary N) is 2. The quantitative estimate of drug-likeness (QED) is 0.0442. The molecule has 0 aliphatic carbocycles. The summed E-state index contributed by atoms with van der Waals surface area (Å²) in [6, 6.07) is 31.0. The second-order valence-corrected chi connectivity index (χ2v) is 12.9. The summed E-state index contributed by atoms with van der Waals surface area (Å²) < 4.78 is 0. The van der Waals surface area contributed by atoms with E-state index in [0.717, 1.165) is 55.6 Å². The van der Waals surface area contributed by atoms with Crippen molar-refractivity contribution < 1.29 is 20.6 Å². The number of thiophene rings is 1. The van der Waals surface area contributed by atoms with Gasteiger partial charge < -0.3 is 32.1 Å². The monoisotopic (exact) mass is 690 g/mol. The summed E-state index contributed by atoms with van der Waals surface area (Å²) in [5.74, 6) is 0.465.